The van der Waals surface area contributed by atoms with Crippen LogP contribution >= 0.6 is 0 Å². The molecule has 1 aliphatic heterocycles. The first kappa shape index (κ1) is 10.6. The van der Waals surface area contributed by atoms with Gasteiger partial charge in [0.1, 0.15) is 5.83 Å². The van der Waals surface area contributed by atoms with E-state index in [1.165, 1.54) is 6.08 Å². The molecule has 1 nitrogen and oxygen atoms in total. The monoisotopic (exact) mass is 211 g/mol. The minimum Gasteiger partial charge on any atom is -0.309 e. The third kappa shape index (κ3) is 2.36. The van der Waals surface area contributed by atoms with E-state index in [2.05, 4.69) is 18.0 Å². The zero-order valence-electron chi connectivity index (χ0n) is 8.76. The van der Waals surface area contributed by atoms with Gasteiger partial charge in [-0.05, 0) is 31.4 Å². The van der Waals surface area contributed by atoms with Crippen LogP contribution in [0, 0.1) is 5.92 Å². The summed E-state index contributed by atoms with van der Waals surface area (Å²) in [4.78, 5) is 0. The van der Waals surface area contributed by atoms with E-state index in [0.717, 1.165) is 25.5 Å². The van der Waals surface area contributed by atoms with Gasteiger partial charge in [0, 0.05) is 17.7 Å². The molecule has 1 N–H and O–H groups in total. The Kier molecular flexibility index (Phi) is 3.03. The van der Waals surface area contributed by atoms with Gasteiger partial charge in [0.15, 0.2) is 6.17 Å². The predicted molar refractivity (Wildman–Crippen MR) is 55.9 cm³/mol. The molecule has 82 valence electrons. The zero-order chi connectivity index (χ0) is 10.8. The normalized spacial score (nSPS) is 36.1. The standard InChI is InChI=1S/C12H15F2N/c1-8-2-5-12(15-7-8)10-4-3-9(13)6-11(10)14/h3,6,8,11-12,15H,2,5,7H2,1H3. The highest BCUT2D eigenvalue weighted by Crippen LogP contribution is 2.25. The lowest BCUT2D eigenvalue weighted by Crippen LogP contribution is -2.41. The second-order valence-electron chi connectivity index (χ2n) is 4.34. The molecule has 0 aromatic rings. The SMILES string of the molecule is CC1CCC(C2=C=CC(F)=CC2F)NC1. The molecule has 0 radical (unpaired) electrons. The molecule has 1 fully saturated rings. The molecular weight excluding hydrogens is 196 g/mol. The average molecular weight is 211 g/mol. The second-order valence-corrected chi connectivity index (χ2v) is 4.34. The van der Waals surface area contributed by atoms with Crippen LogP contribution in [0.1, 0.15) is 19.8 Å². The van der Waals surface area contributed by atoms with Crippen molar-refractivity contribution in [2.75, 3.05) is 6.54 Å². The van der Waals surface area contributed by atoms with Gasteiger partial charge in [0.05, 0.1) is 0 Å². The number of alkyl halides is 1. The summed E-state index contributed by atoms with van der Waals surface area (Å²) in [5.41, 5.74) is 3.26. The van der Waals surface area contributed by atoms with Gasteiger partial charge in [-0.1, -0.05) is 6.92 Å². The van der Waals surface area contributed by atoms with E-state index >= 15 is 0 Å². The topological polar surface area (TPSA) is 12.0 Å². The smallest absolute Gasteiger partial charge is 0.151 e. The molecule has 0 aromatic heterocycles. The fourth-order valence-electron chi connectivity index (χ4n) is 2.07. The Morgan fingerprint density at radius 3 is 2.87 bits per heavy atom. The van der Waals surface area contributed by atoms with Crippen molar-refractivity contribution in [3.8, 4) is 0 Å². The van der Waals surface area contributed by atoms with Crippen molar-refractivity contribution >= 4 is 0 Å². The van der Waals surface area contributed by atoms with Crippen LogP contribution in [0.3, 0.4) is 0 Å². The highest BCUT2D eigenvalue weighted by Gasteiger charge is 2.26. The van der Waals surface area contributed by atoms with Gasteiger partial charge >= 0.3 is 0 Å². The van der Waals surface area contributed by atoms with Crippen LogP contribution in [0.5, 0.6) is 0 Å². The molecule has 15 heavy (non-hydrogen) atoms. The number of hydrogen-bond donors (Lipinski definition) is 1. The molecular formula is C12H15F2N. The summed E-state index contributed by atoms with van der Waals surface area (Å²) in [6.45, 7) is 3.07. The minimum absolute atomic E-state index is 0.0248. The van der Waals surface area contributed by atoms with Gasteiger partial charge < -0.3 is 5.32 Å². The first-order chi connectivity index (χ1) is 7.16. The Hall–Kier alpha value is -0.920. The molecule has 0 aromatic carbocycles. The van der Waals surface area contributed by atoms with Crippen molar-refractivity contribution in [1.82, 2.24) is 5.32 Å². The lowest BCUT2D eigenvalue weighted by Gasteiger charge is -2.30. The van der Waals surface area contributed by atoms with Crippen LogP contribution in [0.25, 0.3) is 0 Å². The molecule has 0 bridgehead atoms. The van der Waals surface area contributed by atoms with Gasteiger partial charge in [0.25, 0.3) is 0 Å². The quantitative estimate of drug-likeness (QED) is 0.657. The number of rotatable bonds is 1. The van der Waals surface area contributed by atoms with Crippen LogP contribution in [0.2, 0.25) is 0 Å². The molecule has 0 saturated carbocycles. The van der Waals surface area contributed by atoms with Crippen molar-refractivity contribution in [2.45, 2.75) is 32.0 Å². The fraction of sp³-hybridized carbons (Fsp3) is 0.583. The summed E-state index contributed by atoms with van der Waals surface area (Å²) in [5, 5.41) is 3.27. The van der Waals surface area contributed by atoms with Crippen LogP contribution in [-0.2, 0) is 0 Å². The highest BCUT2D eigenvalue weighted by atomic mass is 19.1. The molecule has 0 amide bonds. The maximum Gasteiger partial charge on any atom is 0.151 e. The Morgan fingerprint density at radius 1 is 1.47 bits per heavy atom. The Labute approximate surface area is 88.6 Å². The van der Waals surface area contributed by atoms with Crippen LogP contribution in [0.4, 0.5) is 8.78 Å². The molecule has 1 saturated heterocycles. The summed E-state index contributed by atoms with van der Waals surface area (Å²) in [6.07, 6.45) is 2.90. The molecule has 1 aliphatic carbocycles. The number of nitrogens with one attached hydrogen (secondary N) is 1. The van der Waals surface area contributed by atoms with Gasteiger partial charge in [-0.3, -0.25) is 0 Å². The summed E-state index contributed by atoms with van der Waals surface area (Å²) < 4.78 is 26.2. The summed E-state index contributed by atoms with van der Waals surface area (Å²) >= 11 is 0. The summed E-state index contributed by atoms with van der Waals surface area (Å²) in [7, 11) is 0. The van der Waals surface area contributed by atoms with Crippen LogP contribution in [0.15, 0.2) is 29.3 Å². The third-order valence-electron chi connectivity index (χ3n) is 3.02. The van der Waals surface area contributed by atoms with Crippen LogP contribution in [-0.4, -0.2) is 18.8 Å². The maximum absolute atomic E-state index is 13.5. The zero-order valence-corrected chi connectivity index (χ0v) is 8.76. The molecule has 3 atom stereocenters. The van der Waals surface area contributed by atoms with E-state index in [9.17, 15) is 8.78 Å². The van der Waals surface area contributed by atoms with E-state index in [-0.39, 0.29) is 6.04 Å². The fourth-order valence-corrected chi connectivity index (χ4v) is 2.07. The lowest BCUT2D eigenvalue weighted by atomic mass is 9.89. The largest absolute Gasteiger partial charge is 0.309 e. The van der Waals surface area contributed by atoms with Crippen molar-refractivity contribution in [3.05, 3.63) is 29.3 Å². The van der Waals surface area contributed by atoms with E-state index in [0.29, 0.717) is 11.5 Å². The molecule has 2 aliphatic rings. The molecule has 0 spiro atoms. The van der Waals surface area contributed by atoms with Gasteiger partial charge in [-0.15, -0.1) is 5.73 Å². The van der Waals surface area contributed by atoms with E-state index in [1.807, 2.05) is 0 Å². The van der Waals surface area contributed by atoms with Crippen molar-refractivity contribution in [1.29, 1.82) is 0 Å². The lowest BCUT2D eigenvalue weighted by molar-refractivity contribution is 0.323. The van der Waals surface area contributed by atoms with Gasteiger partial charge in [-0.2, -0.15) is 0 Å². The summed E-state index contributed by atoms with van der Waals surface area (Å²) in [6, 6.07) is 0.0248. The molecule has 2 rings (SSSR count). The Bertz CT molecular complexity index is 332. The first-order valence-corrected chi connectivity index (χ1v) is 5.38. The highest BCUT2D eigenvalue weighted by molar-refractivity contribution is 5.31. The van der Waals surface area contributed by atoms with Crippen LogP contribution < -0.4 is 5.32 Å². The summed E-state index contributed by atoms with van der Waals surface area (Å²) in [5.74, 6) is 0.107. The van der Waals surface area contributed by atoms with Crippen molar-refractivity contribution in [3.63, 3.8) is 0 Å². The Balaban J connectivity index is 2.09. The maximum atomic E-state index is 13.5. The minimum atomic E-state index is -1.32. The number of piperidine rings is 1. The Morgan fingerprint density at radius 2 is 2.27 bits per heavy atom. The second kappa shape index (κ2) is 4.30. The third-order valence-corrected chi connectivity index (χ3v) is 3.02. The number of allylic oxidation sites excluding steroid dienone is 2. The van der Waals surface area contributed by atoms with E-state index in [1.54, 1.807) is 0 Å². The average Bonchev–Trinajstić information content (AvgIpc) is 2.20. The predicted octanol–water partition coefficient (Wildman–Crippen LogP) is 2.66. The molecule has 3 unspecified atom stereocenters. The van der Waals surface area contributed by atoms with Gasteiger partial charge in [-0.25, -0.2) is 8.78 Å². The number of halogens is 2. The van der Waals surface area contributed by atoms with Gasteiger partial charge in [0.2, 0.25) is 0 Å². The van der Waals surface area contributed by atoms with E-state index < -0.39 is 12.0 Å². The van der Waals surface area contributed by atoms with Crippen molar-refractivity contribution < 1.29 is 8.78 Å². The van der Waals surface area contributed by atoms with E-state index in [4.69, 9.17) is 0 Å². The molecule has 3 heteroatoms. The first-order valence-electron chi connectivity index (χ1n) is 5.38. The van der Waals surface area contributed by atoms with Crippen molar-refractivity contribution in [2.24, 2.45) is 5.92 Å². The molecule has 1 heterocycles. The number of hydrogen-bond acceptors (Lipinski definition) is 1.